The van der Waals surface area contributed by atoms with Gasteiger partial charge >= 0.3 is 0 Å². The summed E-state index contributed by atoms with van der Waals surface area (Å²) < 4.78 is 8.83. The van der Waals surface area contributed by atoms with E-state index in [2.05, 4.69) is 15.5 Å². The van der Waals surface area contributed by atoms with Crippen LogP contribution in [0.15, 0.2) is 48.9 Å². The monoisotopic (exact) mass is 393 g/mol. The zero-order valence-corrected chi connectivity index (χ0v) is 15.3. The van der Waals surface area contributed by atoms with Gasteiger partial charge in [-0.25, -0.2) is 4.68 Å². The van der Waals surface area contributed by atoms with Crippen LogP contribution in [0, 0.1) is 0 Å². The van der Waals surface area contributed by atoms with Crippen LogP contribution in [0.2, 0.25) is 10.0 Å². The summed E-state index contributed by atoms with van der Waals surface area (Å²) >= 11 is 11.9. The summed E-state index contributed by atoms with van der Waals surface area (Å²) in [6.07, 6.45) is 5.60. The number of halogens is 2. The molecule has 136 valence electrons. The molecule has 0 atom stereocenters. The van der Waals surface area contributed by atoms with Crippen molar-refractivity contribution in [2.75, 3.05) is 6.54 Å². The summed E-state index contributed by atoms with van der Waals surface area (Å²) in [6, 6.07) is 8.77. The van der Waals surface area contributed by atoms with Crippen LogP contribution < -0.4 is 10.1 Å². The molecule has 0 bridgehead atoms. The number of carbonyl (C=O) groups excluding carboxylic acids is 1. The molecule has 26 heavy (non-hydrogen) atoms. The Morgan fingerprint density at radius 1 is 1.19 bits per heavy atom. The number of rotatable bonds is 8. The summed E-state index contributed by atoms with van der Waals surface area (Å²) in [5.41, 5.74) is 0.416. The Labute approximate surface area is 160 Å². The van der Waals surface area contributed by atoms with Gasteiger partial charge in [-0.05, 0) is 24.6 Å². The summed E-state index contributed by atoms with van der Waals surface area (Å²) in [5.74, 6) is 0.317. The highest BCUT2D eigenvalue weighted by atomic mass is 35.5. The van der Waals surface area contributed by atoms with Gasteiger partial charge in [-0.3, -0.25) is 9.48 Å². The average Bonchev–Trinajstić information content (AvgIpc) is 3.27. The van der Waals surface area contributed by atoms with Crippen LogP contribution in [-0.2, 0) is 13.3 Å². The van der Waals surface area contributed by atoms with Crippen molar-refractivity contribution < 1.29 is 9.53 Å². The van der Waals surface area contributed by atoms with Crippen molar-refractivity contribution in [1.82, 2.24) is 24.9 Å². The Morgan fingerprint density at radius 2 is 2.04 bits per heavy atom. The summed E-state index contributed by atoms with van der Waals surface area (Å²) in [5, 5.41) is 12.2. The van der Waals surface area contributed by atoms with Crippen LogP contribution in [0.25, 0.3) is 0 Å². The number of hydrogen-bond acceptors (Lipinski definition) is 4. The minimum atomic E-state index is -0.219. The van der Waals surface area contributed by atoms with Crippen molar-refractivity contribution in [2.45, 2.75) is 19.7 Å². The number of amides is 1. The molecule has 0 spiro atoms. The quantitative estimate of drug-likeness (QED) is 0.596. The van der Waals surface area contributed by atoms with Gasteiger partial charge in [0.1, 0.15) is 11.4 Å². The van der Waals surface area contributed by atoms with Crippen LogP contribution in [0.1, 0.15) is 16.9 Å². The summed E-state index contributed by atoms with van der Waals surface area (Å²) in [6.45, 7) is 1.26. The Hall–Kier alpha value is -2.51. The maximum absolute atomic E-state index is 12.3. The molecule has 1 N–H and O–H groups in total. The SMILES string of the molecule is O=C(NCCCn1cc(Cl)cn1)c1ccnn1COc1ccccc1Cl. The number of nitrogens with zero attached hydrogens (tertiary/aromatic N) is 4. The first-order valence-electron chi connectivity index (χ1n) is 7.99. The van der Waals surface area contributed by atoms with Crippen molar-refractivity contribution in [2.24, 2.45) is 0 Å². The van der Waals surface area contributed by atoms with E-state index in [9.17, 15) is 4.79 Å². The van der Waals surface area contributed by atoms with Gasteiger partial charge in [-0.2, -0.15) is 10.2 Å². The largest absolute Gasteiger partial charge is 0.470 e. The molecular weight excluding hydrogens is 377 g/mol. The number of carbonyl (C=O) groups is 1. The number of benzene rings is 1. The highest BCUT2D eigenvalue weighted by Crippen LogP contribution is 2.23. The molecular formula is C17H17Cl2N5O2. The van der Waals surface area contributed by atoms with E-state index >= 15 is 0 Å². The van der Waals surface area contributed by atoms with Crippen LogP contribution in [0.3, 0.4) is 0 Å². The first-order chi connectivity index (χ1) is 12.6. The zero-order chi connectivity index (χ0) is 18.4. The van der Waals surface area contributed by atoms with E-state index in [-0.39, 0.29) is 12.6 Å². The molecule has 0 aliphatic heterocycles. The van der Waals surface area contributed by atoms with Crippen LogP contribution in [0.5, 0.6) is 5.75 Å². The minimum absolute atomic E-state index is 0.0886. The molecule has 1 amide bonds. The lowest BCUT2D eigenvalue weighted by molar-refractivity contribution is 0.0931. The van der Waals surface area contributed by atoms with Gasteiger partial charge < -0.3 is 10.1 Å². The van der Waals surface area contributed by atoms with Crippen molar-refractivity contribution in [3.8, 4) is 5.75 Å². The van der Waals surface area contributed by atoms with E-state index in [0.717, 1.165) is 6.42 Å². The van der Waals surface area contributed by atoms with E-state index in [4.69, 9.17) is 27.9 Å². The lowest BCUT2D eigenvalue weighted by Gasteiger charge is -2.11. The smallest absolute Gasteiger partial charge is 0.269 e. The van der Waals surface area contributed by atoms with Crippen LogP contribution in [0.4, 0.5) is 0 Å². The van der Waals surface area contributed by atoms with E-state index < -0.39 is 0 Å². The second-order valence-corrected chi connectivity index (χ2v) is 6.29. The zero-order valence-electron chi connectivity index (χ0n) is 13.8. The Bertz CT molecular complexity index is 877. The van der Waals surface area contributed by atoms with Gasteiger partial charge in [-0.15, -0.1) is 0 Å². The Balaban J connectivity index is 1.49. The topological polar surface area (TPSA) is 74.0 Å². The highest BCUT2D eigenvalue weighted by molar-refractivity contribution is 6.32. The number of para-hydroxylation sites is 1. The second kappa shape index (κ2) is 8.73. The van der Waals surface area contributed by atoms with Crippen LogP contribution >= 0.6 is 23.2 Å². The molecule has 0 saturated carbocycles. The molecule has 0 aliphatic rings. The third kappa shape index (κ3) is 4.77. The molecule has 0 saturated heterocycles. The number of hydrogen-bond donors (Lipinski definition) is 1. The lowest BCUT2D eigenvalue weighted by atomic mass is 10.3. The fourth-order valence-electron chi connectivity index (χ4n) is 2.32. The molecule has 3 aromatic rings. The molecule has 0 unspecified atom stereocenters. The van der Waals surface area contributed by atoms with Gasteiger partial charge in [-0.1, -0.05) is 35.3 Å². The Kier molecular flexibility index (Phi) is 6.14. The van der Waals surface area contributed by atoms with E-state index in [1.54, 1.807) is 41.5 Å². The molecule has 0 aliphatic carbocycles. The number of aryl methyl sites for hydroxylation is 1. The van der Waals surface area contributed by atoms with Gasteiger partial charge in [0.05, 0.1) is 16.2 Å². The predicted octanol–water partition coefficient (Wildman–Crippen LogP) is 3.24. The summed E-state index contributed by atoms with van der Waals surface area (Å²) in [7, 11) is 0. The second-order valence-electron chi connectivity index (χ2n) is 5.45. The molecule has 7 nitrogen and oxygen atoms in total. The predicted molar refractivity (Wildman–Crippen MR) is 98.5 cm³/mol. The first kappa shape index (κ1) is 18.3. The number of nitrogens with one attached hydrogen (secondary N) is 1. The van der Waals surface area contributed by atoms with Gasteiger partial charge in [0.2, 0.25) is 0 Å². The Morgan fingerprint density at radius 3 is 2.81 bits per heavy atom. The third-order valence-electron chi connectivity index (χ3n) is 3.58. The number of aromatic nitrogens is 4. The molecule has 9 heteroatoms. The highest BCUT2D eigenvalue weighted by Gasteiger charge is 2.12. The fourth-order valence-corrected chi connectivity index (χ4v) is 2.66. The molecule has 2 heterocycles. The third-order valence-corrected chi connectivity index (χ3v) is 4.09. The maximum Gasteiger partial charge on any atom is 0.269 e. The van der Waals surface area contributed by atoms with Gasteiger partial charge in [0, 0.05) is 25.5 Å². The number of ether oxygens (including phenoxy) is 1. The van der Waals surface area contributed by atoms with Crippen molar-refractivity contribution in [3.63, 3.8) is 0 Å². The van der Waals surface area contributed by atoms with Gasteiger partial charge in [0.25, 0.3) is 5.91 Å². The van der Waals surface area contributed by atoms with Crippen molar-refractivity contribution in [1.29, 1.82) is 0 Å². The first-order valence-corrected chi connectivity index (χ1v) is 8.74. The average molecular weight is 394 g/mol. The minimum Gasteiger partial charge on any atom is -0.470 e. The maximum atomic E-state index is 12.3. The molecule has 0 radical (unpaired) electrons. The summed E-state index contributed by atoms with van der Waals surface area (Å²) in [4.78, 5) is 12.3. The normalized spacial score (nSPS) is 10.7. The standard InChI is InChI=1S/C17H17Cl2N5O2/c18-13-10-22-23(11-13)9-3-7-20-17(25)15-6-8-21-24(15)12-26-16-5-2-1-4-14(16)19/h1-2,4-6,8,10-11H,3,7,9,12H2,(H,20,25). The van der Waals surface area contributed by atoms with Crippen LogP contribution in [-0.4, -0.2) is 32.0 Å². The van der Waals surface area contributed by atoms with E-state index in [0.29, 0.717) is 34.6 Å². The van der Waals surface area contributed by atoms with E-state index in [1.165, 1.54) is 4.68 Å². The fraction of sp³-hybridized carbons (Fsp3) is 0.235. The molecule has 3 rings (SSSR count). The van der Waals surface area contributed by atoms with Crippen molar-refractivity contribution in [3.05, 3.63) is 64.7 Å². The lowest BCUT2D eigenvalue weighted by Crippen LogP contribution is -2.28. The van der Waals surface area contributed by atoms with Gasteiger partial charge in [0.15, 0.2) is 6.73 Å². The van der Waals surface area contributed by atoms with E-state index in [1.807, 2.05) is 12.1 Å². The van der Waals surface area contributed by atoms with Crippen molar-refractivity contribution >= 4 is 29.1 Å². The molecule has 0 fully saturated rings. The molecule has 1 aromatic carbocycles. The molecule has 2 aromatic heterocycles.